The van der Waals surface area contributed by atoms with Gasteiger partial charge >= 0.3 is 0 Å². The molecule has 0 amide bonds. The fraction of sp³-hybridized carbons (Fsp3) is 0.600. The van der Waals surface area contributed by atoms with Gasteiger partial charge in [-0.25, -0.2) is 12.7 Å². The predicted molar refractivity (Wildman–Crippen MR) is 59.4 cm³/mol. The average Bonchev–Trinajstić information content (AvgIpc) is 2.92. The van der Waals surface area contributed by atoms with E-state index in [1.807, 2.05) is 0 Å². The Hall–Kier alpha value is -0.850. The van der Waals surface area contributed by atoms with Crippen LogP contribution >= 0.6 is 0 Å². The molecular formula is C10H16N2O3S. The Morgan fingerprint density at radius 1 is 1.44 bits per heavy atom. The molecule has 5 nitrogen and oxygen atoms in total. The van der Waals surface area contributed by atoms with Gasteiger partial charge in [-0.3, -0.25) is 0 Å². The summed E-state index contributed by atoms with van der Waals surface area (Å²) in [6.45, 7) is 0.591. The van der Waals surface area contributed by atoms with E-state index < -0.39 is 10.0 Å². The van der Waals surface area contributed by atoms with Gasteiger partial charge in [0, 0.05) is 20.1 Å². The second-order valence-corrected chi connectivity index (χ2v) is 6.25. The molecule has 16 heavy (non-hydrogen) atoms. The van der Waals surface area contributed by atoms with Gasteiger partial charge < -0.3 is 9.73 Å². The highest BCUT2D eigenvalue weighted by molar-refractivity contribution is 7.88. The normalized spacial score (nSPS) is 16.9. The zero-order valence-electron chi connectivity index (χ0n) is 9.43. The van der Waals surface area contributed by atoms with Crippen LogP contribution in [0.3, 0.4) is 0 Å². The SMILES string of the molecule is CN(C)S(=O)(=O)c1ccc(CNC2CC2)o1. The van der Waals surface area contributed by atoms with E-state index in [0.29, 0.717) is 18.3 Å². The fourth-order valence-electron chi connectivity index (χ4n) is 1.30. The fourth-order valence-corrected chi connectivity index (χ4v) is 2.12. The lowest BCUT2D eigenvalue weighted by Crippen LogP contribution is -2.21. The van der Waals surface area contributed by atoms with Crippen molar-refractivity contribution in [2.24, 2.45) is 0 Å². The van der Waals surface area contributed by atoms with Gasteiger partial charge in [0.25, 0.3) is 10.0 Å². The van der Waals surface area contributed by atoms with Gasteiger partial charge in [-0.05, 0) is 25.0 Å². The van der Waals surface area contributed by atoms with Crippen molar-refractivity contribution in [3.63, 3.8) is 0 Å². The van der Waals surface area contributed by atoms with Gasteiger partial charge in [-0.2, -0.15) is 0 Å². The quantitative estimate of drug-likeness (QED) is 0.831. The molecule has 0 bridgehead atoms. The van der Waals surface area contributed by atoms with Crippen LogP contribution < -0.4 is 5.32 Å². The number of nitrogens with zero attached hydrogens (tertiary/aromatic N) is 1. The highest BCUT2D eigenvalue weighted by Gasteiger charge is 2.23. The lowest BCUT2D eigenvalue weighted by atomic mass is 10.4. The van der Waals surface area contributed by atoms with E-state index in [9.17, 15) is 8.42 Å². The molecule has 0 saturated heterocycles. The third kappa shape index (κ3) is 2.45. The first-order valence-electron chi connectivity index (χ1n) is 5.25. The number of furan rings is 1. The maximum Gasteiger partial charge on any atom is 0.275 e. The second-order valence-electron chi connectivity index (χ2n) is 4.16. The van der Waals surface area contributed by atoms with Crippen LogP contribution in [0.2, 0.25) is 0 Å². The van der Waals surface area contributed by atoms with Crippen LogP contribution in [-0.2, 0) is 16.6 Å². The van der Waals surface area contributed by atoms with E-state index >= 15 is 0 Å². The van der Waals surface area contributed by atoms with Crippen LogP contribution in [0.5, 0.6) is 0 Å². The topological polar surface area (TPSA) is 62.6 Å². The summed E-state index contributed by atoms with van der Waals surface area (Å²) in [6, 6.07) is 3.78. The van der Waals surface area contributed by atoms with Gasteiger partial charge in [0.15, 0.2) is 0 Å². The van der Waals surface area contributed by atoms with Crippen LogP contribution in [0, 0.1) is 0 Å². The summed E-state index contributed by atoms with van der Waals surface area (Å²) < 4.78 is 29.9. The molecule has 1 aliphatic carbocycles. The molecule has 1 heterocycles. The van der Waals surface area contributed by atoms with Crippen LogP contribution in [0.25, 0.3) is 0 Å². The summed E-state index contributed by atoms with van der Waals surface area (Å²) in [6.07, 6.45) is 2.40. The minimum Gasteiger partial charge on any atom is -0.447 e. The van der Waals surface area contributed by atoms with Crippen molar-refractivity contribution in [2.45, 2.75) is 30.5 Å². The molecular weight excluding hydrogens is 228 g/mol. The predicted octanol–water partition coefficient (Wildman–Crippen LogP) is 0.782. The molecule has 2 rings (SSSR count). The van der Waals surface area contributed by atoms with Gasteiger partial charge in [-0.1, -0.05) is 0 Å². The average molecular weight is 244 g/mol. The van der Waals surface area contributed by atoms with Crippen molar-refractivity contribution < 1.29 is 12.8 Å². The summed E-state index contributed by atoms with van der Waals surface area (Å²) in [7, 11) is -0.468. The first-order valence-corrected chi connectivity index (χ1v) is 6.69. The minimum absolute atomic E-state index is 0.00472. The van der Waals surface area contributed by atoms with E-state index in [2.05, 4.69) is 5.32 Å². The van der Waals surface area contributed by atoms with Crippen molar-refractivity contribution in [1.29, 1.82) is 0 Å². The van der Waals surface area contributed by atoms with Crippen molar-refractivity contribution >= 4 is 10.0 Å². The highest BCUT2D eigenvalue weighted by Crippen LogP contribution is 2.21. The van der Waals surface area contributed by atoms with E-state index in [1.54, 1.807) is 6.07 Å². The number of sulfonamides is 1. The molecule has 0 aromatic carbocycles. The van der Waals surface area contributed by atoms with Crippen molar-refractivity contribution in [3.8, 4) is 0 Å². The van der Waals surface area contributed by atoms with Crippen LogP contribution in [-0.4, -0.2) is 32.9 Å². The maximum atomic E-state index is 11.7. The van der Waals surface area contributed by atoms with Crippen molar-refractivity contribution in [2.75, 3.05) is 14.1 Å². The number of hydrogen-bond acceptors (Lipinski definition) is 4. The highest BCUT2D eigenvalue weighted by atomic mass is 32.2. The molecule has 1 aromatic heterocycles. The summed E-state index contributed by atoms with van der Waals surface area (Å²) in [5.41, 5.74) is 0. The second kappa shape index (κ2) is 4.20. The molecule has 1 fully saturated rings. The smallest absolute Gasteiger partial charge is 0.275 e. The molecule has 1 aromatic rings. The molecule has 1 aliphatic rings. The monoisotopic (exact) mass is 244 g/mol. The number of hydrogen-bond donors (Lipinski definition) is 1. The molecule has 0 radical (unpaired) electrons. The Morgan fingerprint density at radius 3 is 2.69 bits per heavy atom. The van der Waals surface area contributed by atoms with E-state index in [1.165, 1.54) is 33.0 Å². The Bertz CT molecular complexity index is 460. The van der Waals surface area contributed by atoms with Crippen LogP contribution in [0.1, 0.15) is 18.6 Å². The third-order valence-corrected chi connectivity index (χ3v) is 4.20. The van der Waals surface area contributed by atoms with Gasteiger partial charge in [0.2, 0.25) is 5.09 Å². The zero-order chi connectivity index (χ0) is 11.8. The molecule has 6 heteroatoms. The Labute approximate surface area is 95.5 Å². The summed E-state index contributed by atoms with van der Waals surface area (Å²) in [4.78, 5) is 0. The van der Waals surface area contributed by atoms with Gasteiger partial charge in [0.05, 0.1) is 6.54 Å². The molecule has 0 atom stereocenters. The molecule has 0 unspecified atom stereocenters. The first kappa shape index (κ1) is 11.6. The molecule has 1 saturated carbocycles. The standard InChI is InChI=1S/C10H16N2O3S/c1-12(2)16(13,14)10-6-5-9(15-10)7-11-8-3-4-8/h5-6,8,11H,3-4,7H2,1-2H3. The first-order chi connectivity index (χ1) is 7.50. The lowest BCUT2D eigenvalue weighted by molar-refractivity contribution is 0.389. The van der Waals surface area contributed by atoms with Crippen molar-refractivity contribution in [1.82, 2.24) is 9.62 Å². The van der Waals surface area contributed by atoms with Crippen LogP contribution in [0.15, 0.2) is 21.6 Å². The number of nitrogens with one attached hydrogen (secondary N) is 1. The Balaban J connectivity index is 2.06. The minimum atomic E-state index is -3.44. The summed E-state index contributed by atoms with van der Waals surface area (Å²) in [5, 5.41) is 3.27. The molecule has 0 spiro atoms. The summed E-state index contributed by atoms with van der Waals surface area (Å²) in [5.74, 6) is 0.660. The maximum absolute atomic E-state index is 11.7. The lowest BCUT2D eigenvalue weighted by Gasteiger charge is -2.07. The third-order valence-electron chi connectivity index (χ3n) is 2.51. The summed E-state index contributed by atoms with van der Waals surface area (Å²) >= 11 is 0. The number of rotatable bonds is 5. The van der Waals surface area contributed by atoms with Gasteiger partial charge in [-0.15, -0.1) is 0 Å². The van der Waals surface area contributed by atoms with Gasteiger partial charge in [0.1, 0.15) is 5.76 Å². The molecule has 1 N–H and O–H groups in total. The molecule has 90 valence electrons. The van der Waals surface area contributed by atoms with E-state index in [-0.39, 0.29) is 5.09 Å². The van der Waals surface area contributed by atoms with E-state index in [4.69, 9.17) is 4.42 Å². The Morgan fingerprint density at radius 2 is 2.12 bits per heavy atom. The van der Waals surface area contributed by atoms with Crippen LogP contribution in [0.4, 0.5) is 0 Å². The largest absolute Gasteiger partial charge is 0.447 e. The Kier molecular flexibility index (Phi) is 3.05. The van der Waals surface area contributed by atoms with E-state index in [0.717, 1.165) is 4.31 Å². The van der Waals surface area contributed by atoms with Crippen molar-refractivity contribution in [3.05, 3.63) is 17.9 Å². The molecule has 0 aliphatic heterocycles. The zero-order valence-corrected chi connectivity index (χ0v) is 10.3.